The SMILES string of the molecule is CS(=O)(=O)N1CCN(CCC(=O)Nc2ccc([N+](=O)[O-])cc2)CC1. The van der Waals surface area contributed by atoms with Gasteiger partial charge in [0.15, 0.2) is 0 Å². The highest BCUT2D eigenvalue weighted by atomic mass is 32.2. The highest BCUT2D eigenvalue weighted by Gasteiger charge is 2.23. The number of nitrogens with zero attached hydrogens (tertiary/aromatic N) is 3. The van der Waals surface area contributed by atoms with Crippen molar-refractivity contribution in [2.75, 3.05) is 44.3 Å². The van der Waals surface area contributed by atoms with E-state index < -0.39 is 14.9 Å². The van der Waals surface area contributed by atoms with Crippen molar-refractivity contribution in [1.29, 1.82) is 0 Å². The van der Waals surface area contributed by atoms with Crippen molar-refractivity contribution in [3.05, 3.63) is 34.4 Å². The average molecular weight is 356 g/mol. The van der Waals surface area contributed by atoms with E-state index in [1.807, 2.05) is 4.90 Å². The number of anilines is 1. The molecule has 9 nitrogen and oxygen atoms in total. The van der Waals surface area contributed by atoms with E-state index in [4.69, 9.17) is 0 Å². The molecule has 0 radical (unpaired) electrons. The van der Waals surface area contributed by atoms with Gasteiger partial charge in [-0.2, -0.15) is 4.31 Å². The van der Waals surface area contributed by atoms with Crippen molar-refractivity contribution in [3.63, 3.8) is 0 Å². The first-order chi connectivity index (χ1) is 11.3. The number of hydrogen-bond acceptors (Lipinski definition) is 6. The van der Waals surface area contributed by atoms with Gasteiger partial charge < -0.3 is 10.2 Å². The topological polar surface area (TPSA) is 113 Å². The maximum Gasteiger partial charge on any atom is 0.269 e. The summed E-state index contributed by atoms with van der Waals surface area (Å²) in [6.07, 6.45) is 1.47. The van der Waals surface area contributed by atoms with Gasteiger partial charge in [-0.05, 0) is 12.1 Å². The van der Waals surface area contributed by atoms with Crippen LogP contribution in [-0.2, 0) is 14.8 Å². The van der Waals surface area contributed by atoms with Crippen LogP contribution in [0.2, 0.25) is 0 Å². The molecular formula is C14H20N4O5S. The minimum atomic E-state index is -3.15. The summed E-state index contributed by atoms with van der Waals surface area (Å²) in [5.41, 5.74) is 0.476. The standard InChI is InChI=1S/C14H20N4O5S/c1-24(22,23)17-10-8-16(9-11-17)7-6-14(19)15-12-2-4-13(5-3-12)18(20)21/h2-5H,6-11H2,1H3,(H,15,19). The Kier molecular flexibility index (Phi) is 5.86. The van der Waals surface area contributed by atoms with Crippen LogP contribution in [0.15, 0.2) is 24.3 Å². The van der Waals surface area contributed by atoms with Crippen LogP contribution in [0, 0.1) is 10.1 Å². The zero-order chi connectivity index (χ0) is 17.7. The maximum absolute atomic E-state index is 11.9. The molecule has 1 aromatic carbocycles. The number of benzene rings is 1. The van der Waals surface area contributed by atoms with Crippen LogP contribution >= 0.6 is 0 Å². The van der Waals surface area contributed by atoms with Crippen LogP contribution in [0.5, 0.6) is 0 Å². The number of carbonyl (C=O) groups excluding carboxylic acids is 1. The number of hydrogen-bond donors (Lipinski definition) is 1. The van der Waals surface area contributed by atoms with Crippen LogP contribution in [0.1, 0.15) is 6.42 Å². The second kappa shape index (κ2) is 7.69. The van der Waals surface area contributed by atoms with Crippen molar-refractivity contribution >= 4 is 27.3 Å². The Morgan fingerprint density at radius 2 is 1.79 bits per heavy atom. The fourth-order valence-electron chi connectivity index (χ4n) is 2.43. The number of piperazine rings is 1. The number of nitrogens with one attached hydrogen (secondary N) is 1. The third kappa shape index (κ3) is 5.25. The fraction of sp³-hybridized carbons (Fsp3) is 0.500. The molecule has 0 aliphatic carbocycles. The Hall–Kier alpha value is -2.04. The minimum Gasteiger partial charge on any atom is -0.326 e. The van der Waals surface area contributed by atoms with Gasteiger partial charge in [0.25, 0.3) is 5.69 Å². The van der Waals surface area contributed by atoms with E-state index in [1.54, 1.807) is 0 Å². The second-order valence-electron chi connectivity index (χ2n) is 5.61. The molecule has 1 aliphatic rings. The van der Waals surface area contributed by atoms with Crippen molar-refractivity contribution in [2.24, 2.45) is 0 Å². The second-order valence-corrected chi connectivity index (χ2v) is 7.59. The molecule has 1 fully saturated rings. The molecule has 132 valence electrons. The lowest BCUT2D eigenvalue weighted by Gasteiger charge is -2.32. The number of amides is 1. The van der Waals surface area contributed by atoms with Gasteiger partial charge in [-0.25, -0.2) is 8.42 Å². The predicted octanol–water partition coefficient (Wildman–Crippen LogP) is 0.501. The summed E-state index contributed by atoms with van der Waals surface area (Å²) >= 11 is 0. The van der Waals surface area contributed by atoms with Crippen molar-refractivity contribution in [2.45, 2.75) is 6.42 Å². The number of carbonyl (C=O) groups is 1. The van der Waals surface area contributed by atoms with Gasteiger partial charge in [0.05, 0.1) is 11.2 Å². The Bertz CT molecular complexity index is 696. The predicted molar refractivity (Wildman–Crippen MR) is 89.2 cm³/mol. The summed E-state index contributed by atoms with van der Waals surface area (Å²) in [6, 6.07) is 5.64. The van der Waals surface area contributed by atoms with Gasteiger partial charge in [0.1, 0.15) is 0 Å². The molecule has 1 aliphatic heterocycles. The monoisotopic (exact) mass is 356 g/mol. The summed E-state index contributed by atoms with van der Waals surface area (Å²) in [5.74, 6) is -0.186. The lowest BCUT2D eigenvalue weighted by Crippen LogP contribution is -2.48. The lowest BCUT2D eigenvalue weighted by molar-refractivity contribution is -0.384. The van der Waals surface area contributed by atoms with Gasteiger partial charge >= 0.3 is 0 Å². The van der Waals surface area contributed by atoms with Crippen LogP contribution in [-0.4, -0.2) is 67.4 Å². The lowest BCUT2D eigenvalue weighted by atomic mass is 10.2. The smallest absolute Gasteiger partial charge is 0.269 e. The fourth-order valence-corrected chi connectivity index (χ4v) is 3.26. The number of nitro benzene ring substituents is 1. The number of rotatable bonds is 6. The molecule has 0 aromatic heterocycles. The van der Waals surface area contributed by atoms with E-state index in [0.717, 1.165) is 0 Å². The molecule has 0 bridgehead atoms. The van der Waals surface area contributed by atoms with Gasteiger partial charge in [-0.15, -0.1) is 0 Å². The first-order valence-electron chi connectivity index (χ1n) is 7.47. The van der Waals surface area contributed by atoms with Gasteiger partial charge in [-0.1, -0.05) is 0 Å². The molecule has 0 unspecified atom stereocenters. The Labute approximate surface area is 140 Å². The van der Waals surface area contributed by atoms with Crippen LogP contribution in [0.3, 0.4) is 0 Å². The summed E-state index contributed by atoms with van der Waals surface area (Å²) in [6.45, 7) is 2.60. The largest absolute Gasteiger partial charge is 0.326 e. The van der Waals surface area contributed by atoms with Gasteiger partial charge in [-0.3, -0.25) is 14.9 Å². The van der Waals surface area contributed by atoms with E-state index in [-0.39, 0.29) is 18.0 Å². The van der Waals surface area contributed by atoms with E-state index in [9.17, 15) is 23.3 Å². The molecule has 2 rings (SSSR count). The van der Waals surface area contributed by atoms with Crippen molar-refractivity contribution in [3.8, 4) is 0 Å². The molecule has 1 aromatic rings. The molecule has 1 amide bonds. The molecule has 0 saturated carbocycles. The van der Waals surface area contributed by atoms with E-state index >= 15 is 0 Å². The number of sulfonamides is 1. The molecule has 0 atom stereocenters. The maximum atomic E-state index is 11.9. The first-order valence-corrected chi connectivity index (χ1v) is 9.32. The third-order valence-corrected chi connectivity index (χ3v) is 5.12. The van der Waals surface area contributed by atoms with Crippen LogP contribution in [0.4, 0.5) is 11.4 Å². The summed E-state index contributed by atoms with van der Waals surface area (Å²) in [5, 5.41) is 13.3. The summed E-state index contributed by atoms with van der Waals surface area (Å²) in [4.78, 5) is 24.0. The quantitative estimate of drug-likeness (QED) is 0.587. The normalized spacial score (nSPS) is 16.7. The van der Waals surface area contributed by atoms with E-state index in [0.29, 0.717) is 38.4 Å². The Morgan fingerprint density at radius 1 is 1.21 bits per heavy atom. The highest BCUT2D eigenvalue weighted by molar-refractivity contribution is 7.88. The van der Waals surface area contributed by atoms with Crippen LogP contribution in [0.25, 0.3) is 0 Å². The molecule has 10 heteroatoms. The van der Waals surface area contributed by atoms with Gasteiger partial charge in [0, 0.05) is 57.0 Å². The molecule has 1 N–H and O–H groups in total. The van der Waals surface area contributed by atoms with E-state index in [1.165, 1.54) is 34.8 Å². The number of nitro groups is 1. The molecule has 24 heavy (non-hydrogen) atoms. The van der Waals surface area contributed by atoms with Crippen molar-refractivity contribution in [1.82, 2.24) is 9.21 Å². The molecule has 1 heterocycles. The molecular weight excluding hydrogens is 336 g/mol. The third-order valence-electron chi connectivity index (χ3n) is 3.82. The summed E-state index contributed by atoms with van der Waals surface area (Å²) < 4.78 is 24.3. The zero-order valence-electron chi connectivity index (χ0n) is 13.3. The first kappa shape index (κ1) is 18.3. The molecule has 1 saturated heterocycles. The van der Waals surface area contributed by atoms with Crippen molar-refractivity contribution < 1.29 is 18.1 Å². The number of non-ortho nitro benzene ring substituents is 1. The summed E-state index contributed by atoms with van der Waals surface area (Å²) in [7, 11) is -3.15. The average Bonchev–Trinajstić information content (AvgIpc) is 2.53. The zero-order valence-corrected chi connectivity index (χ0v) is 14.2. The van der Waals surface area contributed by atoms with E-state index in [2.05, 4.69) is 5.32 Å². The Morgan fingerprint density at radius 3 is 2.29 bits per heavy atom. The van der Waals surface area contributed by atoms with Crippen LogP contribution < -0.4 is 5.32 Å². The minimum absolute atomic E-state index is 0.0308. The Balaban J connectivity index is 1.75. The van der Waals surface area contributed by atoms with Gasteiger partial charge in [0.2, 0.25) is 15.9 Å². The highest BCUT2D eigenvalue weighted by Crippen LogP contribution is 2.15. The molecule has 0 spiro atoms.